The van der Waals surface area contributed by atoms with Crippen LogP contribution in [-0.4, -0.2) is 29.5 Å². The second-order valence-electron chi connectivity index (χ2n) is 8.00. The van der Waals surface area contributed by atoms with Crippen molar-refractivity contribution < 1.29 is 32.4 Å². The van der Waals surface area contributed by atoms with Gasteiger partial charge < -0.3 is 14.8 Å². The molecule has 0 radical (unpaired) electrons. The highest BCUT2D eigenvalue weighted by Gasteiger charge is 2.30. The lowest BCUT2D eigenvalue weighted by Crippen LogP contribution is -2.20. The van der Waals surface area contributed by atoms with E-state index >= 15 is 0 Å². The third-order valence-electron chi connectivity index (χ3n) is 5.39. The lowest BCUT2D eigenvalue weighted by molar-refractivity contribution is -0.383. The number of anilines is 1. The molecule has 0 unspecified atom stereocenters. The van der Waals surface area contributed by atoms with Crippen molar-refractivity contribution in [1.82, 2.24) is 4.98 Å². The van der Waals surface area contributed by atoms with E-state index in [1.54, 1.807) is 54.6 Å². The van der Waals surface area contributed by atoms with Gasteiger partial charge in [-0.05, 0) is 60.2 Å². The van der Waals surface area contributed by atoms with Crippen LogP contribution in [0.5, 0.6) is 11.5 Å². The minimum Gasteiger partial charge on any atom is -0.493 e. The summed E-state index contributed by atoms with van der Waals surface area (Å²) in [5.74, 6) is -0.0425. The first kappa shape index (κ1) is 26.1. The number of amides is 1. The number of carbonyl (C=O) groups is 1. The second-order valence-corrected chi connectivity index (χ2v) is 8.00. The van der Waals surface area contributed by atoms with Crippen molar-refractivity contribution >= 4 is 40.3 Å². The molecule has 1 amide bonds. The van der Waals surface area contributed by atoms with Gasteiger partial charge in [0.2, 0.25) is 0 Å². The van der Waals surface area contributed by atoms with E-state index in [-0.39, 0.29) is 17.1 Å². The summed E-state index contributed by atoms with van der Waals surface area (Å²) in [6.07, 6.45) is -1.03. The Hall–Kier alpha value is -4.93. The van der Waals surface area contributed by atoms with Crippen LogP contribution in [0.3, 0.4) is 0 Å². The largest absolute Gasteiger partial charge is 0.493 e. The van der Waals surface area contributed by atoms with Gasteiger partial charge in [-0.2, -0.15) is 13.2 Å². The molecule has 0 aliphatic heterocycles. The van der Waals surface area contributed by atoms with Crippen LogP contribution in [0.4, 0.5) is 24.5 Å². The number of benzene rings is 3. The Labute approximate surface area is 214 Å². The summed E-state index contributed by atoms with van der Waals surface area (Å²) in [6, 6.07) is 17.3. The molecule has 0 saturated carbocycles. The molecule has 194 valence electrons. The number of alkyl halides is 3. The molecule has 0 fully saturated rings. The van der Waals surface area contributed by atoms with Gasteiger partial charge in [0.1, 0.15) is 0 Å². The Morgan fingerprint density at radius 3 is 2.55 bits per heavy atom. The van der Waals surface area contributed by atoms with Crippen molar-refractivity contribution in [1.29, 1.82) is 0 Å². The summed E-state index contributed by atoms with van der Waals surface area (Å²) in [5.41, 5.74) is 0.909. The molecule has 1 aromatic heterocycles. The van der Waals surface area contributed by atoms with Crippen LogP contribution in [0.15, 0.2) is 72.8 Å². The van der Waals surface area contributed by atoms with Gasteiger partial charge in [0, 0.05) is 11.8 Å². The minimum absolute atomic E-state index is 0.00206. The number of hydrogen-bond acceptors (Lipinski definition) is 6. The topological polar surface area (TPSA) is 104 Å². The number of methoxy groups -OCH3 is 1. The number of fused-ring (bicyclic) bond motifs is 1. The van der Waals surface area contributed by atoms with E-state index in [0.717, 1.165) is 17.7 Å². The fraction of sp³-hybridized carbons (Fsp3) is 0.111. The molecule has 0 spiro atoms. The van der Waals surface area contributed by atoms with Gasteiger partial charge in [-0.15, -0.1) is 0 Å². The summed E-state index contributed by atoms with van der Waals surface area (Å²) >= 11 is 0. The molecule has 1 N–H and O–H groups in total. The van der Waals surface area contributed by atoms with E-state index in [0.29, 0.717) is 22.3 Å². The molecule has 38 heavy (non-hydrogen) atoms. The first-order chi connectivity index (χ1) is 18.1. The summed E-state index contributed by atoms with van der Waals surface area (Å²) < 4.78 is 49.4. The third kappa shape index (κ3) is 6.25. The van der Waals surface area contributed by atoms with Gasteiger partial charge in [0.15, 0.2) is 18.1 Å². The first-order valence-electron chi connectivity index (χ1n) is 11.1. The summed E-state index contributed by atoms with van der Waals surface area (Å²) in [6.45, 7) is -0.449. The maximum Gasteiger partial charge on any atom is 0.416 e. The van der Waals surface area contributed by atoms with Gasteiger partial charge in [0.25, 0.3) is 11.6 Å². The molecule has 1 heterocycles. The molecule has 4 aromatic rings. The number of rotatable bonds is 8. The number of nitrogens with zero attached hydrogens (tertiary/aromatic N) is 2. The number of pyridine rings is 1. The van der Waals surface area contributed by atoms with Crippen LogP contribution in [0.2, 0.25) is 0 Å². The van der Waals surface area contributed by atoms with Crippen LogP contribution >= 0.6 is 0 Å². The third-order valence-corrected chi connectivity index (χ3v) is 5.39. The van der Waals surface area contributed by atoms with E-state index in [4.69, 9.17) is 9.47 Å². The molecule has 0 aliphatic carbocycles. The maximum atomic E-state index is 12.9. The average Bonchev–Trinajstić information content (AvgIpc) is 2.90. The summed E-state index contributed by atoms with van der Waals surface area (Å²) in [4.78, 5) is 27.4. The van der Waals surface area contributed by atoms with Crippen molar-refractivity contribution in [3.05, 3.63) is 99.7 Å². The number of aromatic nitrogens is 1. The molecule has 4 rings (SSSR count). The smallest absolute Gasteiger partial charge is 0.416 e. The van der Waals surface area contributed by atoms with E-state index in [1.165, 1.54) is 25.3 Å². The molecular formula is C27H20F3N3O5. The first-order valence-corrected chi connectivity index (χ1v) is 11.1. The number of nitrogens with one attached hydrogen (secondary N) is 1. The van der Waals surface area contributed by atoms with Crippen LogP contribution in [-0.2, 0) is 11.0 Å². The lowest BCUT2D eigenvalue weighted by Gasteiger charge is -2.12. The molecule has 0 saturated heterocycles. The number of hydrogen-bond donors (Lipinski definition) is 1. The molecule has 0 bridgehead atoms. The number of non-ortho nitro benzene ring substituents is 1. The summed E-state index contributed by atoms with van der Waals surface area (Å²) in [7, 11) is 1.43. The quantitative estimate of drug-likeness (QED) is 0.213. The van der Waals surface area contributed by atoms with Gasteiger partial charge in [-0.25, -0.2) is 4.98 Å². The minimum atomic E-state index is -4.52. The van der Waals surface area contributed by atoms with Crippen molar-refractivity contribution in [2.24, 2.45) is 0 Å². The number of nitro benzene ring substituents is 1. The fourth-order valence-corrected chi connectivity index (χ4v) is 3.61. The number of carbonyl (C=O) groups excluding carboxylic acids is 1. The van der Waals surface area contributed by atoms with Crippen LogP contribution < -0.4 is 14.8 Å². The predicted octanol–water partition coefficient (Wildman–Crippen LogP) is 6.36. The molecule has 3 aromatic carbocycles. The summed E-state index contributed by atoms with van der Waals surface area (Å²) in [5, 5.41) is 14.0. The molecule has 0 aliphatic rings. The van der Waals surface area contributed by atoms with Crippen LogP contribution in [0, 0.1) is 10.1 Å². The Bertz CT molecular complexity index is 1540. The van der Waals surface area contributed by atoms with Crippen molar-refractivity contribution in [2.75, 3.05) is 19.0 Å². The lowest BCUT2D eigenvalue weighted by atomic mass is 10.1. The second kappa shape index (κ2) is 11.0. The van der Waals surface area contributed by atoms with Gasteiger partial charge in [-0.3, -0.25) is 14.9 Å². The Morgan fingerprint density at radius 1 is 1.03 bits per heavy atom. The zero-order chi connectivity index (χ0) is 27.3. The monoisotopic (exact) mass is 523 g/mol. The zero-order valence-electron chi connectivity index (χ0n) is 19.9. The number of nitro groups is 1. The number of ether oxygens (including phenoxy) is 2. The highest BCUT2D eigenvalue weighted by molar-refractivity contribution is 5.92. The van der Waals surface area contributed by atoms with E-state index < -0.39 is 29.2 Å². The SMILES string of the molecule is COc1cc(/C=C/c2ccc3c([N+](=O)[O-])cccc3n2)ccc1OCC(=O)Nc1cccc(C(F)(F)F)c1. The average molecular weight is 523 g/mol. The molecule has 11 heteroatoms. The standard InChI is InChI=1S/C27H20F3N3O5/c1-37-25-14-17(8-10-19-11-12-21-22(31-19)6-3-7-23(21)33(35)36)9-13-24(25)38-16-26(34)32-20-5-2-4-18(15-20)27(28,29)30/h2-15H,16H2,1H3,(H,32,34)/b10-8+. The van der Waals surface area contributed by atoms with Crippen molar-refractivity contribution in [3.63, 3.8) is 0 Å². The van der Waals surface area contributed by atoms with Crippen LogP contribution in [0.1, 0.15) is 16.8 Å². The highest BCUT2D eigenvalue weighted by Crippen LogP contribution is 2.31. The predicted molar refractivity (Wildman–Crippen MR) is 136 cm³/mol. The molecule has 0 atom stereocenters. The Morgan fingerprint density at radius 2 is 1.82 bits per heavy atom. The zero-order valence-corrected chi connectivity index (χ0v) is 19.9. The van der Waals surface area contributed by atoms with Gasteiger partial charge >= 0.3 is 6.18 Å². The van der Waals surface area contributed by atoms with E-state index in [9.17, 15) is 28.1 Å². The van der Waals surface area contributed by atoms with Gasteiger partial charge in [-0.1, -0.05) is 24.3 Å². The maximum absolute atomic E-state index is 12.9. The van der Waals surface area contributed by atoms with Crippen molar-refractivity contribution in [3.8, 4) is 11.5 Å². The van der Waals surface area contributed by atoms with E-state index in [1.807, 2.05) is 0 Å². The Balaban J connectivity index is 1.42. The normalized spacial score (nSPS) is 11.5. The number of halogens is 3. The molecule has 8 nitrogen and oxygen atoms in total. The highest BCUT2D eigenvalue weighted by atomic mass is 19.4. The van der Waals surface area contributed by atoms with E-state index in [2.05, 4.69) is 10.3 Å². The fourth-order valence-electron chi connectivity index (χ4n) is 3.61. The molecular weight excluding hydrogens is 503 g/mol. The Kier molecular flexibility index (Phi) is 7.56. The van der Waals surface area contributed by atoms with Crippen LogP contribution in [0.25, 0.3) is 23.1 Å². The van der Waals surface area contributed by atoms with Crippen molar-refractivity contribution in [2.45, 2.75) is 6.18 Å². The van der Waals surface area contributed by atoms with Gasteiger partial charge in [0.05, 0.1) is 34.2 Å².